The Morgan fingerprint density at radius 2 is 1.65 bits per heavy atom. The highest BCUT2D eigenvalue weighted by molar-refractivity contribution is 9.10. The van der Waals surface area contributed by atoms with Crippen LogP contribution in [0.15, 0.2) is 53.0 Å². The van der Waals surface area contributed by atoms with Crippen LogP contribution < -0.4 is 5.32 Å². The predicted octanol–water partition coefficient (Wildman–Crippen LogP) is 2.75. The molecule has 2 aromatic rings. The van der Waals surface area contributed by atoms with E-state index in [1.54, 1.807) is 18.2 Å². The topological polar surface area (TPSA) is 81.7 Å². The minimum atomic E-state index is -0.851. The summed E-state index contributed by atoms with van der Waals surface area (Å²) in [5.41, 5.74) is 1.37. The first-order valence-corrected chi connectivity index (χ1v) is 8.55. The highest BCUT2D eigenvalue weighted by Gasteiger charge is 2.23. The zero-order valence-corrected chi connectivity index (χ0v) is 15.9. The number of carbonyl (C=O) groups excluding carboxylic acids is 3. The van der Waals surface area contributed by atoms with Gasteiger partial charge in [0.25, 0.3) is 5.91 Å². The second kappa shape index (κ2) is 9.15. The van der Waals surface area contributed by atoms with Crippen LogP contribution in [0.2, 0.25) is 0 Å². The molecule has 0 aliphatic heterocycles. The van der Waals surface area contributed by atoms with Crippen LogP contribution in [0.5, 0.6) is 0 Å². The summed E-state index contributed by atoms with van der Waals surface area (Å²) in [4.78, 5) is 36.2. The molecular weight excluding hydrogens is 402 g/mol. The molecule has 0 unspecified atom stereocenters. The molecule has 2 aromatic carbocycles. The first-order valence-electron chi connectivity index (χ1n) is 7.76. The van der Waals surface area contributed by atoms with Crippen molar-refractivity contribution in [3.8, 4) is 0 Å². The quantitative estimate of drug-likeness (QED) is 0.727. The molecule has 0 aliphatic rings. The fraction of sp³-hybridized carbons (Fsp3) is 0.211. The maximum atomic E-state index is 12.5. The molecule has 0 aliphatic carbocycles. The number of methoxy groups -OCH3 is 2. The third-order valence-corrected chi connectivity index (χ3v) is 4.22. The summed E-state index contributed by atoms with van der Waals surface area (Å²) in [6, 6.07) is 12.6. The molecule has 1 amide bonds. The molecule has 26 heavy (non-hydrogen) atoms. The Bertz CT molecular complexity index is 804. The predicted molar refractivity (Wildman–Crippen MR) is 98.9 cm³/mol. The van der Waals surface area contributed by atoms with E-state index in [1.165, 1.54) is 20.3 Å². The Labute approximate surface area is 159 Å². The number of halogens is 1. The van der Waals surface area contributed by atoms with Crippen molar-refractivity contribution in [2.75, 3.05) is 14.2 Å². The first kappa shape index (κ1) is 19.7. The van der Waals surface area contributed by atoms with Crippen molar-refractivity contribution in [2.45, 2.75) is 12.5 Å². The molecule has 1 atom stereocenters. The van der Waals surface area contributed by atoms with E-state index < -0.39 is 23.9 Å². The summed E-state index contributed by atoms with van der Waals surface area (Å²) in [6.45, 7) is 0. The lowest BCUT2D eigenvalue weighted by Crippen LogP contribution is -2.43. The monoisotopic (exact) mass is 419 g/mol. The molecule has 0 fully saturated rings. The average molecular weight is 420 g/mol. The first-order chi connectivity index (χ1) is 12.4. The van der Waals surface area contributed by atoms with Crippen LogP contribution >= 0.6 is 15.9 Å². The van der Waals surface area contributed by atoms with Gasteiger partial charge in [-0.1, -0.05) is 34.1 Å². The van der Waals surface area contributed by atoms with Gasteiger partial charge in [-0.2, -0.15) is 0 Å². The molecule has 0 radical (unpaired) electrons. The van der Waals surface area contributed by atoms with Gasteiger partial charge in [-0.15, -0.1) is 0 Å². The van der Waals surface area contributed by atoms with Gasteiger partial charge in [-0.25, -0.2) is 9.59 Å². The minimum absolute atomic E-state index is 0.248. The Morgan fingerprint density at radius 1 is 1.00 bits per heavy atom. The zero-order chi connectivity index (χ0) is 19.1. The Hall–Kier alpha value is -2.67. The average Bonchev–Trinajstić information content (AvgIpc) is 2.67. The molecule has 0 aromatic heterocycles. The van der Waals surface area contributed by atoms with Gasteiger partial charge in [-0.05, 0) is 35.9 Å². The summed E-state index contributed by atoms with van der Waals surface area (Å²) in [5, 5.41) is 2.65. The van der Waals surface area contributed by atoms with Crippen molar-refractivity contribution in [1.82, 2.24) is 5.32 Å². The van der Waals surface area contributed by atoms with Crippen LogP contribution in [0.4, 0.5) is 0 Å². The van der Waals surface area contributed by atoms with E-state index in [-0.39, 0.29) is 17.5 Å². The van der Waals surface area contributed by atoms with Crippen LogP contribution in [-0.2, 0) is 20.7 Å². The zero-order valence-electron chi connectivity index (χ0n) is 14.3. The summed E-state index contributed by atoms with van der Waals surface area (Å²) >= 11 is 3.35. The van der Waals surface area contributed by atoms with Crippen molar-refractivity contribution in [3.63, 3.8) is 0 Å². The molecule has 0 saturated carbocycles. The molecular formula is C19H18BrNO5. The van der Waals surface area contributed by atoms with Crippen molar-refractivity contribution in [1.29, 1.82) is 0 Å². The van der Waals surface area contributed by atoms with E-state index >= 15 is 0 Å². The number of esters is 2. The number of amides is 1. The molecule has 0 bridgehead atoms. The second-order valence-electron chi connectivity index (χ2n) is 5.45. The maximum absolute atomic E-state index is 12.5. The standard InChI is InChI=1S/C19H18BrNO5/c1-25-18(23)14-5-3-4-13(11-14)17(22)21-16(19(24)26-2)10-12-6-8-15(20)9-7-12/h3-9,11,16H,10H2,1-2H3,(H,21,22)/t16-/m1/s1. The van der Waals surface area contributed by atoms with E-state index in [4.69, 9.17) is 4.74 Å². The van der Waals surface area contributed by atoms with E-state index in [0.717, 1.165) is 10.0 Å². The van der Waals surface area contributed by atoms with Crippen molar-refractivity contribution < 1.29 is 23.9 Å². The number of hydrogen-bond acceptors (Lipinski definition) is 5. The van der Waals surface area contributed by atoms with Crippen molar-refractivity contribution >= 4 is 33.8 Å². The van der Waals surface area contributed by atoms with Crippen LogP contribution in [0, 0.1) is 0 Å². The van der Waals surface area contributed by atoms with Crippen LogP contribution in [0.1, 0.15) is 26.3 Å². The molecule has 7 heteroatoms. The molecule has 2 rings (SSSR count). The smallest absolute Gasteiger partial charge is 0.337 e. The van der Waals surface area contributed by atoms with Crippen LogP contribution in [-0.4, -0.2) is 38.1 Å². The SMILES string of the molecule is COC(=O)c1cccc(C(=O)N[C@H](Cc2ccc(Br)cc2)C(=O)OC)c1. The Balaban J connectivity index is 2.17. The van der Waals surface area contributed by atoms with Crippen LogP contribution in [0.3, 0.4) is 0 Å². The number of rotatable bonds is 6. The van der Waals surface area contributed by atoms with Gasteiger partial charge in [0.1, 0.15) is 6.04 Å². The normalized spacial score (nSPS) is 11.3. The van der Waals surface area contributed by atoms with E-state index in [9.17, 15) is 14.4 Å². The Morgan fingerprint density at radius 3 is 2.27 bits per heavy atom. The third-order valence-electron chi connectivity index (χ3n) is 3.69. The molecule has 136 valence electrons. The van der Waals surface area contributed by atoms with E-state index in [0.29, 0.717) is 0 Å². The lowest BCUT2D eigenvalue weighted by Gasteiger charge is -2.17. The van der Waals surface area contributed by atoms with E-state index in [2.05, 4.69) is 26.0 Å². The molecule has 0 saturated heterocycles. The van der Waals surface area contributed by atoms with Crippen molar-refractivity contribution in [2.24, 2.45) is 0 Å². The van der Waals surface area contributed by atoms with Gasteiger partial charge in [0.05, 0.1) is 19.8 Å². The number of ether oxygens (including phenoxy) is 2. The van der Waals surface area contributed by atoms with Gasteiger partial charge >= 0.3 is 11.9 Å². The number of nitrogens with one attached hydrogen (secondary N) is 1. The second-order valence-corrected chi connectivity index (χ2v) is 6.37. The summed E-state index contributed by atoms with van der Waals surface area (Å²) in [7, 11) is 2.53. The molecule has 0 heterocycles. The summed E-state index contributed by atoms with van der Waals surface area (Å²) < 4.78 is 10.4. The number of carbonyl (C=O) groups is 3. The molecule has 6 nitrogen and oxygen atoms in total. The van der Waals surface area contributed by atoms with Crippen LogP contribution in [0.25, 0.3) is 0 Å². The summed E-state index contributed by atoms with van der Waals surface area (Å²) in [6.07, 6.45) is 0.280. The lowest BCUT2D eigenvalue weighted by atomic mass is 10.0. The number of benzene rings is 2. The number of hydrogen-bond donors (Lipinski definition) is 1. The lowest BCUT2D eigenvalue weighted by molar-refractivity contribution is -0.142. The van der Waals surface area contributed by atoms with Gasteiger partial charge in [0, 0.05) is 16.5 Å². The maximum Gasteiger partial charge on any atom is 0.337 e. The summed E-state index contributed by atoms with van der Waals surface area (Å²) in [5.74, 6) is -1.58. The van der Waals surface area contributed by atoms with Crippen molar-refractivity contribution in [3.05, 3.63) is 69.7 Å². The molecule has 1 N–H and O–H groups in total. The largest absolute Gasteiger partial charge is 0.467 e. The van der Waals surface area contributed by atoms with Gasteiger partial charge in [-0.3, -0.25) is 4.79 Å². The third kappa shape index (κ3) is 5.16. The fourth-order valence-electron chi connectivity index (χ4n) is 2.34. The van der Waals surface area contributed by atoms with E-state index in [1.807, 2.05) is 24.3 Å². The fourth-order valence-corrected chi connectivity index (χ4v) is 2.60. The molecule has 0 spiro atoms. The van der Waals surface area contributed by atoms with Gasteiger partial charge < -0.3 is 14.8 Å². The minimum Gasteiger partial charge on any atom is -0.467 e. The highest BCUT2D eigenvalue weighted by Crippen LogP contribution is 2.13. The van der Waals surface area contributed by atoms with Gasteiger partial charge in [0.2, 0.25) is 0 Å². The highest BCUT2D eigenvalue weighted by atomic mass is 79.9. The van der Waals surface area contributed by atoms with Gasteiger partial charge in [0.15, 0.2) is 0 Å². The Kier molecular flexibility index (Phi) is 6.91.